The third kappa shape index (κ3) is 2.04. The predicted molar refractivity (Wildman–Crippen MR) is 102 cm³/mol. The van der Waals surface area contributed by atoms with E-state index in [-0.39, 0.29) is 5.60 Å². The largest absolute Gasteiger partial charge is 0.374 e. The molecule has 0 aromatic rings. The zero-order chi connectivity index (χ0) is 17.4. The van der Waals surface area contributed by atoms with Crippen molar-refractivity contribution in [2.75, 3.05) is 6.61 Å². The van der Waals surface area contributed by atoms with Gasteiger partial charge < -0.3 is 10.1 Å². The first-order chi connectivity index (χ1) is 12.0. The molecule has 2 heteroatoms. The molecule has 0 aromatic heterocycles. The van der Waals surface area contributed by atoms with Crippen LogP contribution in [0.2, 0.25) is 0 Å². The molecule has 138 valence electrons. The SMILES string of the molecule is CC1C2=CC(=N)CC[C@@H]2C2CC[C@@]3(C)C(CC[C@@]34CCCO4)C2C1C. The second kappa shape index (κ2) is 5.44. The van der Waals surface area contributed by atoms with Crippen LogP contribution < -0.4 is 0 Å². The minimum Gasteiger partial charge on any atom is -0.374 e. The number of hydrogen-bond acceptors (Lipinski definition) is 2. The molecule has 25 heavy (non-hydrogen) atoms. The summed E-state index contributed by atoms with van der Waals surface area (Å²) in [5.41, 5.74) is 3.15. The number of hydrogen-bond donors (Lipinski definition) is 1. The molecule has 1 spiro atoms. The second-order valence-corrected chi connectivity index (χ2v) is 10.3. The first-order valence-corrected chi connectivity index (χ1v) is 10.9. The summed E-state index contributed by atoms with van der Waals surface area (Å²) in [6.07, 6.45) is 12.6. The summed E-state index contributed by atoms with van der Waals surface area (Å²) in [6, 6.07) is 0. The van der Waals surface area contributed by atoms with Crippen LogP contribution in [-0.4, -0.2) is 17.9 Å². The molecular weight excluding hydrogens is 306 g/mol. The van der Waals surface area contributed by atoms with Crippen LogP contribution in [0.4, 0.5) is 0 Å². The quantitative estimate of drug-likeness (QED) is 0.609. The van der Waals surface area contributed by atoms with Crippen molar-refractivity contribution in [3.05, 3.63) is 11.6 Å². The Labute approximate surface area is 153 Å². The van der Waals surface area contributed by atoms with Gasteiger partial charge in [0.25, 0.3) is 0 Å². The van der Waals surface area contributed by atoms with Crippen LogP contribution in [-0.2, 0) is 4.74 Å². The molecule has 0 radical (unpaired) electrons. The lowest BCUT2D eigenvalue weighted by molar-refractivity contribution is -0.138. The van der Waals surface area contributed by atoms with Gasteiger partial charge in [-0.1, -0.05) is 26.3 Å². The zero-order valence-electron chi connectivity index (χ0n) is 16.3. The summed E-state index contributed by atoms with van der Waals surface area (Å²) >= 11 is 0. The Kier molecular flexibility index (Phi) is 3.60. The minimum atomic E-state index is 0.219. The molecule has 5 aliphatic rings. The number of rotatable bonds is 0. The molecule has 0 amide bonds. The third-order valence-corrected chi connectivity index (χ3v) is 9.71. The van der Waals surface area contributed by atoms with Crippen molar-refractivity contribution < 1.29 is 4.74 Å². The molecule has 5 unspecified atom stereocenters. The maximum atomic E-state index is 8.16. The number of nitrogens with one attached hydrogen (secondary N) is 1. The number of allylic oxidation sites excluding steroid dienone is 2. The summed E-state index contributed by atoms with van der Waals surface area (Å²) in [4.78, 5) is 0. The molecule has 1 N–H and O–H groups in total. The number of ether oxygens (including phenoxy) is 1. The van der Waals surface area contributed by atoms with E-state index in [1.54, 1.807) is 5.57 Å². The highest BCUT2D eigenvalue weighted by Gasteiger charge is 2.65. The molecule has 1 aliphatic heterocycles. The molecule has 8 atom stereocenters. The Morgan fingerprint density at radius 2 is 1.96 bits per heavy atom. The molecule has 0 bridgehead atoms. The Balaban J connectivity index is 1.52. The summed E-state index contributed by atoms with van der Waals surface area (Å²) in [5, 5.41) is 8.16. The van der Waals surface area contributed by atoms with E-state index in [2.05, 4.69) is 26.8 Å². The Morgan fingerprint density at radius 1 is 1.12 bits per heavy atom. The van der Waals surface area contributed by atoms with Crippen LogP contribution in [0.1, 0.15) is 72.1 Å². The van der Waals surface area contributed by atoms with Crippen molar-refractivity contribution >= 4 is 5.71 Å². The lowest BCUT2D eigenvalue weighted by Crippen LogP contribution is -2.55. The van der Waals surface area contributed by atoms with Gasteiger partial charge in [-0.15, -0.1) is 0 Å². The normalized spacial score (nSPS) is 54.8. The zero-order valence-corrected chi connectivity index (χ0v) is 16.3. The molecular formula is C23H35NO. The summed E-state index contributed by atoms with van der Waals surface area (Å²) in [5.74, 6) is 4.82. The van der Waals surface area contributed by atoms with E-state index >= 15 is 0 Å². The molecule has 3 saturated carbocycles. The van der Waals surface area contributed by atoms with Gasteiger partial charge in [-0.25, -0.2) is 0 Å². The van der Waals surface area contributed by atoms with Gasteiger partial charge in [0, 0.05) is 12.3 Å². The first kappa shape index (κ1) is 16.5. The lowest BCUT2D eigenvalue weighted by Gasteiger charge is -2.59. The van der Waals surface area contributed by atoms with Crippen molar-refractivity contribution in [3.63, 3.8) is 0 Å². The van der Waals surface area contributed by atoms with E-state index < -0.39 is 0 Å². The van der Waals surface area contributed by atoms with Crippen LogP contribution in [0.5, 0.6) is 0 Å². The van der Waals surface area contributed by atoms with Crippen molar-refractivity contribution in [1.29, 1.82) is 5.41 Å². The topological polar surface area (TPSA) is 33.1 Å². The average Bonchev–Trinajstić information content (AvgIpc) is 3.19. The van der Waals surface area contributed by atoms with Crippen LogP contribution in [0.3, 0.4) is 0 Å². The highest BCUT2D eigenvalue weighted by molar-refractivity contribution is 5.93. The Bertz CT molecular complexity index is 616. The number of fused-ring (bicyclic) bond motifs is 6. The fourth-order valence-electron chi connectivity index (χ4n) is 8.31. The van der Waals surface area contributed by atoms with Crippen LogP contribution in [0.15, 0.2) is 11.6 Å². The summed E-state index contributed by atoms with van der Waals surface area (Å²) in [6.45, 7) is 8.59. The van der Waals surface area contributed by atoms with Crippen molar-refractivity contribution in [3.8, 4) is 0 Å². The predicted octanol–water partition coefficient (Wildman–Crippen LogP) is 5.62. The summed E-state index contributed by atoms with van der Waals surface area (Å²) < 4.78 is 6.50. The Hall–Kier alpha value is -0.630. The van der Waals surface area contributed by atoms with E-state index in [0.717, 1.165) is 48.3 Å². The highest BCUT2D eigenvalue weighted by Crippen LogP contribution is 2.69. The fraction of sp³-hybridized carbons (Fsp3) is 0.870. The average molecular weight is 342 g/mol. The van der Waals surface area contributed by atoms with Gasteiger partial charge >= 0.3 is 0 Å². The van der Waals surface area contributed by atoms with Crippen LogP contribution >= 0.6 is 0 Å². The van der Waals surface area contributed by atoms with E-state index in [9.17, 15) is 0 Å². The highest BCUT2D eigenvalue weighted by atomic mass is 16.5. The molecule has 2 nitrogen and oxygen atoms in total. The molecule has 0 aromatic carbocycles. The minimum absolute atomic E-state index is 0.219. The van der Waals surface area contributed by atoms with E-state index in [1.807, 2.05) is 0 Å². The monoisotopic (exact) mass is 341 g/mol. The van der Waals surface area contributed by atoms with Crippen molar-refractivity contribution in [1.82, 2.24) is 0 Å². The maximum absolute atomic E-state index is 8.16. The van der Waals surface area contributed by atoms with Crippen LogP contribution in [0, 0.1) is 46.3 Å². The fourth-order valence-corrected chi connectivity index (χ4v) is 8.31. The molecule has 4 aliphatic carbocycles. The smallest absolute Gasteiger partial charge is 0.0739 e. The third-order valence-electron chi connectivity index (χ3n) is 9.71. The molecule has 5 rings (SSSR count). The van der Waals surface area contributed by atoms with E-state index in [4.69, 9.17) is 10.1 Å². The molecule has 4 fully saturated rings. The summed E-state index contributed by atoms with van der Waals surface area (Å²) in [7, 11) is 0. The first-order valence-electron chi connectivity index (χ1n) is 10.9. The Morgan fingerprint density at radius 3 is 2.72 bits per heavy atom. The molecule has 1 heterocycles. The van der Waals surface area contributed by atoms with Gasteiger partial charge in [-0.3, -0.25) is 0 Å². The van der Waals surface area contributed by atoms with Crippen molar-refractivity contribution in [2.45, 2.75) is 77.7 Å². The van der Waals surface area contributed by atoms with E-state index in [1.165, 1.54) is 44.9 Å². The maximum Gasteiger partial charge on any atom is 0.0739 e. The van der Waals surface area contributed by atoms with Crippen LogP contribution in [0.25, 0.3) is 0 Å². The lowest BCUT2D eigenvalue weighted by atomic mass is 9.46. The van der Waals surface area contributed by atoms with Gasteiger partial charge in [0.15, 0.2) is 0 Å². The van der Waals surface area contributed by atoms with Gasteiger partial charge in [0.05, 0.1) is 5.60 Å². The van der Waals surface area contributed by atoms with E-state index in [0.29, 0.717) is 11.3 Å². The molecule has 1 saturated heterocycles. The standard InChI is InChI=1S/C23H35NO/c1-14-15(2)21-18(17-6-5-16(24)13-19(14)17)7-10-22(3)20(21)8-11-23(22)9-4-12-25-23/h13-15,17-18,20-21,24H,4-12H2,1-3H3/t14?,15?,17-,18?,20?,21?,22+,23+/m1/s1. The second-order valence-electron chi connectivity index (χ2n) is 10.3. The van der Waals surface area contributed by atoms with Gasteiger partial charge in [0.2, 0.25) is 0 Å². The van der Waals surface area contributed by atoms with Gasteiger partial charge in [-0.05, 0) is 98.4 Å². The van der Waals surface area contributed by atoms with Gasteiger partial charge in [0.1, 0.15) is 0 Å². The van der Waals surface area contributed by atoms with Crippen molar-refractivity contribution in [2.24, 2.45) is 40.9 Å². The van der Waals surface area contributed by atoms with Gasteiger partial charge in [-0.2, -0.15) is 0 Å².